The lowest BCUT2D eigenvalue weighted by Gasteiger charge is -2.29. The van der Waals surface area contributed by atoms with Crippen LogP contribution in [0.25, 0.3) is 10.9 Å². The maximum absolute atomic E-state index is 13.6. The highest BCUT2D eigenvalue weighted by molar-refractivity contribution is 5.96. The van der Waals surface area contributed by atoms with E-state index in [1.807, 2.05) is 36.4 Å². The van der Waals surface area contributed by atoms with Crippen LogP contribution in [0.3, 0.4) is 0 Å². The summed E-state index contributed by atoms with van der Waals surface area (Å²) in [5.74, 6) is -1.05. The first-order chi connectivity index (χ1) is 17.3. The first kappa shape index (κ1) is 23.7. The van der Waals surface area contributed by atoms with E-state index in [-0.39, 0.29) is 12.1 Å². The predicted molar refractivity (Wildman–Crippen MR) is 129 cm³/mol. The molecule has 0 spiro atoms. The predicted octanol–water partition coefficient (Wildman–Crippen LogP) is 5.69. The summed E-state index contributed by atoms with van der Waals surface area (Å²) >= 11 is 0. The Morgan fingerprint density at radius 3 is 2.36 bits per heavy atom. The molecule has 0 aliphatic carbocycles. The van der Waals surface area contributed by atoms with Crippen molar-refractivity contribution in [1.82, 2.24) is 9.47 Å². The Kier molecular flexibility index (Phi) is 6.04. The number of benzene rings is 3. The highest BCUT2D eigenvalue weighted by Gasteiger charge is 2.37. The van der Waals surface area contributed by atoms with Crippen LogP contribution in [0.1, 0.15) is 43.1 Å². The number of rotatable bonds is 4. The Labute approximate surface area is 205 Å². The fraction of sp³-hybridized carbons (Fsp3) is 0.214. The van der Waals surface area contributed by atoms with E-state index in [9.17, 15) is 22.8 Å². The summed E-state index contributed by atoms with van der Waals surface area (Å²) in [5.41, 5.74) is 3.12. The number of fused-ring (bicyclic) bond motifs is 3. The number of amides is 1. The highest BCUT2D eigenvalue weighted by atomic mass is 19.4. The zero-order chi connectivity index (χ0) is 25.4. The van der Waals surface area contributed by atoms with E-state index in [0.29, 0.717) is 25.1 Å². The molecule has 1 aliphatic rings. The summed E-state index contributed by atoms with van der Waals surface area (Å²) < 4.78 is 47.5. The molecule has 184 valence electrons. The summed E-state index contributed by atoms with van der Waals surface area (Å²) in [4.78, 5) is 26.5. The van der Waals surface area contributed by atoms with Crippen molar-refractivity contribution in [2.45, 2.75) is 25.7 Å². The maximum Gasteiger partial charge on any atom is 0.417 e. The molecule has 2 heterocycles. The van der Waals surface area contributed by atoms with Gasteiger partial charge in [-0.2, -0.15) is 13.2 Å². The third-order valence-electron chi connectivity index (χ3n) is 6.63. The van der Waals surface area contributed by atoms with Gasteiger partial charge in [-0.3, -0.25) is 4.79 Å². The fourth-order valence-corrected chi connectivity index (χ4v) is 4.88. The lowest BCUT2D eigenvalue weighted by atomic mass is 10.0. The van der Waals surface area contributed by atoms with Crippen molar-refractivity contribution in [1.29, 1.82) is 0 Å². The van der Waals surface area contributed by atoms with Crippen LogP contribution in [0.5, 0.6) is 0 Å². The van der Waals surface area contributed by atoms with Gasteiger partial charge in [-0.25, -0.2) is 4.79 Å². The number of methoxy groups -OCH3 is 1. The Bertz CT molecular complexity index is 1460. The average Bonchev–Trinajstić information content (AvgIpc) is 3.20. The van der Waals surface area contributed by atoms with Crippen molar-refractivity contribution in [3.63, 3.8) is 0 Å². The number of para-hydroxylation sites is 1. The van der Waals surface area contributed by atoms with E-state index in [1.54, 1.807) is 12.1 Å². The van der Waals surface area contributed by atoms with Crippen molar-refractivity contribution in [3.05, 3.63) is 106 Å². The number of alkyl halides is 3. The number of hydrogen-bond donors (Lipinski definition) is 0. The van der Waals surface area contributed by atoms with Gasteiger partial charge in [0.1, 0.15) is 0 Å². The van der Waals surface area contributed by atoms with E-state index in [4.69, 9.17) is 4.74 Å². The number of halogens is 3. The first-order valence-electron chi connectivity index (χ1n) is 11.5. The van der Waals surface area contributed by atoms with Crippen LogP contribution in [0.15, 0.2) is 72.8 Å². The Morgan fingerprint density at radius 1 is 0.944 bits per heavy atom. The third-order valence-corrected chi connectivity index (χ3v) is 6.63. The number of carbonyl (C=O) groups excluding carboxylic acids is 2. The van der Waals surface area contributed by atoms with E-state index in [1.165, 1.54) is 30.2 Å². The molecule has 1 aromatic heterocycles. The van der Waals surface area contributed by atoms with Gasteiger partial charge in [-0.1, -0.05) is 42.5 Å². The van der Waals surface area contributed by atoms with E-state index in [2.05, 4.69) is 4.57 Å². The van der Waals surface area contributed by atoms with Crippen molar-refractivity contribution < 1.29 is 27.5 Å². The van der Waals surface area contributed by atoms with Gasteiger partial charge in [0.25, 0.3) is 5.91 Å². The Hall–Kier alpha value is -4.07. The van der Waals surface area contributed by atoms with Gasteiger partial charge in [0.2, 0.25) is 0 Å². The molecule has 0 fully saturated rings. The van der Waals surface area contributed by atoms with Gasteiger partial charge in [-0.15, -0.1) is 0 Å². The van der Waals surface area contributed by atoms with Gasteiger partial charge in [-0.05, 0) is 47.9 Å². The molecule has 0 saturated carbocycles. The minimum absolute atomic E-state index is 0.204. The van der Waals surface area contributed by atoms with Gasteiger partial charge < -0.3 is 14.2 Å². The van der Waals surface area contributed by atoms with Crippen LogP contribution in [0, 0.1) is 0 Å². The summed E-state index contributed by atoms with van der Waals surface area (Å²) in [6, 6.07) is 19.9. The molecular weight excluding hydrogens is 469 g/mol. The van der Waals surface area contributed by atoms with Gasteiger partial charge in [0.15, 0.2) is 0 Å². The zero-order valence-electron chi connectivity index (χ0n) is 19.5. The molecule has 5 nitrogen and oxygen atoms in total. The molecule has 8 heteroatoms. The third kappa shape index (κ3) is 4.23. The lowest BCUT2D eigenvalue weighted by Crippen LogP contribution is -2.37. The average molecular weight is 492 g/mol. The standard InChI is InChI=1S/C28H23F3N2O3/c1-36-27(35)19-12-10-18(11-13-19)16-33-24-9-5-3-6-20(24)21-14-15-32(17-25(21)33)26(34)22-7-2-4-8-23(22)28(29,30)31/h2-13H,14-17H2,1H3. The molecule has 0 saturated heterocycles. The quantitative estimate of drug-likeness (QED) is 0.344. The summed E-state index contributed by atoms with van der Waals surface area (Å²) in [5, 5.41) is 1.07. The monoisotopic (exact) mass is 492 g/mol. The topological polar surface area (TPSA) is 51.5 Å². The number of aromatic nitrogens is 1. The van der Waals surface area contributed by atoms with Gasteiger partial charge >= 0.3 is 12.1 Å². The fourth-order valence-electron chi connectivity index (χ4n) is 4.88. The number of esters is 1. The summed E-state index contributed by atoms with van der Waals surface area (Å²) in [6.45, 7) is 1.02. The molecule has 0 atom stereocenters. The van der Waals surface area contributed by atoms with Gasteiger partial charge in [0, 0.05) is 29.7 Å². The molecule has 36 heavy (non-hydrogen) atoms. The zero-order valence-corrected chi connectivity index (χ0v) is 19.5. The van der Waals surface area contributed by atoms with Gasteiger partial charge in [0.05, 0.1) is 30.3 Å². The number of nitrogens with zero attached hydrogens (tertiary/aromatic N) is 2. The Balaban J connectivity index is 1.51. The molecule has 0 bridgehead atoms. The van der Waals surface area contributed by atoms with E-state index < -0.39 is 23.6 Å². The molecule has 1 amide bonds. The van der Waals surface area contributed by atoms with Crippen molar-refractivity contribution in [2.24, 2.45) is 0 Å². The van der Waals surface area contributed by atoms with Crippen LogP contribution in [-0.4, -0.2) is 35.0 Å². The molecule has 1 aliphatic heterocycles. The summed E-state index contributed by atoms with van der Waals surface area (Å²) in [7, 11) is 1.33. The first-order valence-corrected chi connectivity index (χ1v) is 11.5. The lowest BCUT2D eigenvalue weighted by molar-refractivity contribution is -0.138. The number of hydrogen-bond acceptors (Lipinski definition) is 3. The van der Waals surface area contributed by atoms with Crippen LogP contribution >= 0.6 is 0 Å². The number of carbonyl (C=O) groups is 2. The highest BCUT2D eigenvalue weighted by Crippen LogP contribution is 2.35. The van der Waals surface area contributed by atoms with Crippen LogP contribution < -0.4 is 0 Å². The minimum atomic E-state index is -4.61. The van der Waals surface area contributed by atoms with Crippen LogP contribution in [0.4, 0.5) is 13.2 Å². The largest absolute Gasteiger partial charge is 0.465 e. The number of ether oxygens (including phenoxy) is 1. The van der Waals surface area contributed by atoms with E-state index >= 15 is 0 Å². The van der Waals surface area contributed by atoms with Crippen LogP contribution in [-0.2, 0) is 30.4 Å². The molecule has 0 unspecified atom stereocenters. The normalized spacial score (nSPS) is 13.5. The summed E-state index contributed by atoms with van der Waals surface area (Å²) in [6.07, 6.45) is -4.07. The molecule has 0 N–H and O–H groups in total. The maximum atomic E-state index is 13.6. The minimum Gasteiger partial charge on any atom is -0.465 e. The smallest absolute Gasteiger partial charge is 0.417 e. The van der Waals surface area contributed by atoms with Crippen molar-refractivity contribution >= 4 is 22.8 Å². The second-order valence-corrected chi connectivity index (χ2v) is 8.74. The molecule has 0 radical (unpaired) electrons. The second-order valence-electron chi connectivity index (χ2n) is 8.74. The molecule has 4 aromatic rings. The van der Waals surface area contributed by atoms with E-state index in [0.717, 1.165) is 33.8 Å². The second kappa shape index (κ2) is 9.18. The SMILES string of the molecule is COC(=O)c1ccc(Cn2c3c(c4ccccc42)CCN(C(=O)c2ccccc2C(F)(F)F)C3)cc1. The van der Waals surface area contributed by atoms with Crippen molar-refractivity contribution in [2.75, 3.05) is 13.7 Å². The molecule has 3 aromatic carbocycles. The molecular formula is C28H23F3N2O3. The Morgan fingerprint density at radius 2 is 1.64 bits per heavy atom. The van der Waals surface area contributed by atoms with Crippen LogP contribution in [0.2, 0.25) is 0 Å². The molecule has 5 rings (SSSR count). The van der Waals surface area contributed by atoms with Crippen molar-refractivity contribution in [3.8, 4) is 0 Å².